The van der Waals surface area contributed by atoms with Gasteiger partial charge in [0.2, 0.25) is 0 Å². The normalized spacial score (nSPS) is 13.2. The zero-order valence-electron chi connectivity index (χ0n) is 13.8. The molecule has 4 rings (SSSR count). The molecule has 3 aromatic carbocycles. The van der Waals surface area contributed by atoms with Crippen LogP contribution < -0.4 is 4.90 Å². The lowest BCUT2D eigenvalue weighted by Gasteiger charge is -2.28. The van der Waals surface area contributed by atoms with E-state index in [9.17, 15) is 4.79 Å². The lowest BCUT2D eigenvalue weighted by Crippen LogP contribution is -2.31. The molecule has 122 valence electrons. The lowest BCUT2D eigenvalue weighted by atomic mass is 9.93. The van der Waals surface area contributed by atoms with Gasteiger partial charge in [-0.15, -0.1) is 0 Å². The Hall–Kier alpha value is -3.33. The van der Waals surface area contributed by atoms with Crippen molar-refractivity contribution < 1.29 is 9.53 Å². The van der Waals surface area contributed by atoms with Crippen molar-refractivity contribution in [2.75, 3.05) is 11.9 Å². The van der Waals surface area contributed by atoms with E-state index in [4.69, 9.17) is 4.74 Å². The van der Waals surface area contributed by atoms with Crippen LogP contribution in [0.4, 0.5) is 10.5 Å². The molecule has 1 amide bonds. The van der Waals surface area contributed by atoms with Crippen molar-refractivity contribution in [2.24, 2.45) is 0 Å². The zero-order valence-corrected chi connectivity index (χ0v) is 13.8. The van der Waals surface area contributed by atoms with Gasteiger partial charge in [0.05, 0.1) is 5.69 Å². The van der Waals surface area contributed by atoms with Gasteiger partial charge in [0.15, 0.2) is 5.76 Å². The van der Waals surface area contributed by atoms with Crippen LogP contribution >= 0.6 is 0 Å². The Labute approximate surface area is 146 Å². The molecular weight excluding hydrogens is 310 g/mol. The molecule has 0 saturated heterocycles. The van der Waals surface area contributed by atoms with E-state index in [1.54, 1.807) is 7.05 Å². The van der Waals surface area contributed by atoms with Crippen LogP contribution in [0.15, 0.2) is 84.9 Å². The van der Waals surface area contributed by atoms with Crippen LogP contribution in [0.1, 0.15) is 16.7 Å². The average Bonchev–Trinajstić information content (AvgIpc) is 2.68. The summed E-state index contributed by atoms with van der Waals surface area (Å²) in [6.45, 7) is 0. The summed E-state index contributed by atoms with van der Waals surface area (Å²) in [5.41, 5.74) is 4.69. The summed E-state index contributed by atoms with van der Waals surface area (Å²) < 4.78 is 5.76. The maximum Gasteiger partial charge on any atom is 0.419 e. The Morgan fingerprint density at radius 1 is 0.760 bits per heavy atom. The fourth-order valence-corrected chi connectivity index (χ4v) is 3.09. The number of rotatable bonds is 2. The monoisotopic (exact) mass is 327 g/mol. The van der Waals surface area contributed by atoms with Crippen molar-refractivity contribution in [3.05, 3.63) is 102 Å². The Kier molecular flexibility index (Phi) is 3.82. The summed E-state index contributed by atoms with van der Waals surface area (Å²) in [5, 5.41) is 0. The van der Waals surface area contributed by atoms with Crippen LogP contribution in [0.2, 0.25) is 0 Å². The summed E-state index contributed by atoms with van der Waals surface area (Å²) in [4.78, 5) is 13.9. The first-order valence-corrected chi connectivity index (χ1v) is 8.16. The molecule has 0 saturated carbocycles. The first kappa shape index (κ1) is 15.2. The minimum Gasteiger partial charge on any atom is -0.409 e. The van der Waals surface area contributed by atoms with Gasteiger partial charge in [0.1, 0.15) is 0 Å². The molecule has 3 heteroatoms. The fourth-order valence-electron chi connectivity index (χ4n) is 3.09. The molecule has 0 aliphatic carbocycles. The van der Waals surface area contributed by atoms with Gasteiger partial charge < -0.3 is 4.74 Å². The predicted molar refractivity (Wildman–Crippen MR) is 100 cm³/mol. The zero-order chi connectivity index (χ0) is 17.2. The molecule has 0 fully saturated rings. The Bertz CT molecular complexity index is 905. The molecule has 0 bridgehead atoms. The van der Waals surface area contributed by atoms with Crippen molar-refractivity contribution in [1.29, 1.82) is 0 Å². The number of amides is 1. The number of nitrogens with zero attached hydrogens (tertiary/aromatic N) is 1. The van der Waals surface area contributed by atoms with E-state index in [1.165, 1.54) is 4.90 Å². The highest BCUT2D eigenvalue weighted by Gasteiger charge is 2.29. The van der Waals surface area contributed by atoms with Crippen molar-refractivity contribution in [3.63, 3.8) is 0 Å². The molecule has 0 radical (unpaired) electrons. The number of cyclic esters (lactones) is 1. The summed E-state index contributed by atoms with van der Waals surface area (Å²) >= 11 is 0. The molecule has 0 aromatic heterocycles. The quantitative estimate of drug-likeness (QED) is 0.648. The Morgan fingerprint density at radius 2 is 1.28 bits per heavy atom. The summed E-state index contributed by atoms with van der Waals surface area (Å²) in [6.07, 6.45) is -0.377. The topological polar surface area (TPSA) is 29.5 Å². The van der Waals surface area contributed by atoms with Crippen molar-refractivity contribution in [3.8, 4) is 0 Å². The highest BCUT2D eigenvalue weighted by atomic mass is 16.6. The van der Waals surface area contributed by atoms with Gasteiger partial charge in [0.25, 0.3) is 0 Å². The minimum atomic E-state index is -0.377. The minimum absolute atomic E-state index is 0.377. The number of hydrogen-bond donors (Lipinski definition) is 0. The van der Waals surface area contributed by atoms with Gasteiger partial charge >= 0.3 is 6.09 Å². The largest absolute Gasteiger partial charge is 0.419 e. The first-order valence-electron chi connectivity index (χ1n) is 8.16. The van der Waals surface area contributed by atoms with Crippen LogP contribution in [0.25, 0.3) is 11.3 Å². The molecule has 1 heterocycles. The molecule has 25 heavy (non-hydrogen) atoms. The standard InChI is InChI=1S/C22H17NO2/c1-23-19-15-9-8-14-18(19)21(25-22(23)24)20(16-10-4-2-5-11-16)17-12-6-3-7-13-17/h2-15H,1H3. The molecular formula is C22H17NO2. The molecule has 0 N–H and O–H groups in total. The van der Waals surface area contributed by atoms with E-state index in [0.29, 0.717) is 5.76 Å². The van der Waals surface area contributed by atoms with Crippen LogP contribution in [0.3, 0.4) is 0 Å². The van der Waals surface area contributed by atoms with Crippen LogP contribution in [0, 0.1) is 0 Å². The molecule has 0 atom stereocenters. The number of anilines is 1. The van der Waals surface area contributed by atoms with E-state index in [2.05, 4.69) is 0 Å². The third kappa shape index (κ3) is 2.70. The number of benzene rings is 3. The Balaban J connectivity index is 2.04. The number of carbonyl (C=O) groups is 1. The van der Waals surface area contributed by atoms with Crippen LogP contribution in [0.5, 0.6) is 0 Å². The van der Waals surface area contributed by atoms with Gasteiger partial charge in [0, 0.05) is 18.2 Å². The van der Waals surface area contributed by atoms with Gasteiger partial charge in [-0.1, -0.05) is 72.8 Å². The molecule has 1 aliphatic heterocycles. The van der Waals surface area contributed by atoms with Crippen LogP contribution in [-0.2, 0) is 4.74 Å². The average molecular weight is 327 g/mol. The van der Waals surface area contributed by atoms with Crippen molar-refractivity contribution in [2.45, 2.75) is 0 Å². The second kappa shape index (κ2) is 6.29. The van der Waals surface area contributed by atoms with Gasteiger partial charge in [-0.3, -0.25) is 4.90 Å². The first-order chi connectivity index (χ1) is 12.3. The number of carbonyl (C=O) groups excluding carboxylic acids is 1. The molecule has 0 spiro atoms. The molecule has 1 aliphatic rings. The third-order valence-electron chi connectivity index (χ3n) is 4.33. The molecule has 3 aromatic rings. The predicted octanol–water partition coefficient (Wildman–Crippen LogP) is 5.19. The lowest BCUT2D eigenvalue weighted by molar-refractivity contribution is 0.199. The second-order valence-electron chi connectivity index (χ2n) is 5.88. The maximum atomic E-state index is 12.4. The van der Waals surface area contributed by atoms with Crippen molar-refractivity contribution >= 4 is 23.1 Å². The van der Waals surface area contributed by atoms with Gasteiger partial charge in [-0.05, 0) is 23.3 Å². The smallest absolute Gasteiger partial charge is 0.409 e. The van der Waals surface area contributed by atoms with Crippen molar-refractivity contribution in [1.82, 2.24) is 0 Å². The van der Waals surface area contributed by atoms with E-state index < -0.39 is 0 Å². The van der Waals surface area contributed by atoms with E-state index in [1.807, 2.05) is 84.9 Å². The summed E-state index contributed by atoms with van der Waals surface area (Å²) in [7, 11) is 1.72. The van der Waals surface area contributed by atoms with Gasteiger partial charge in [-0.25, -0.2) is 4.79 Å². The third-order valence-corrected chi connectivity index (χ3v) is 4.33. The number of hydrogen-bond acceptors (Lipinski definition) is 2. The number of ether oxygens (including phenoxy) is 1. The summed E-state index contributed by atoms with van der Waals surface area (Å²) in [6, 6.07) is 27.8. The van der Waals surface area contributed by atoms with E-state index in [0.717, 1.165) is 28.0 Å². The fraction of sp³-hybridized carbons (Fsp3) is 0.0455. The summed E-state index contributed by atoms with van der Waals surface area (Å²) in [5.74, 6) is 0.594. The maximum absolute atomic E-state index is 12.4. The number of fused-ring (bicyclic) bond motifs is 1. The van der Waals surface area contributed by atoms with Gasteiger partial charge in [-0.2, -0.15) is 0 Å². The Morgan fingerprint density at radius 3 is 1.88 bits per heavy atom. The van der Waals surface area contributed by atoms with E-state index in [-0.39, 0.29) is 6.09 Å². The molecule has 3 nitrogen and oxygen atoms in total. The van der Waals surface area contributed by atoms with E-state index >= 15 is 0 Å². The highest BCUT2D eigenvalue weighted by molar-refractivity contribution is 6.07. The second-order valence-corrected chi connectivity index (χ2v) is 5.88. The highest BCUT2D eigenvalue weighted by Crippen LogP contribution is 2.40. The van der Waals surface area contributed by atoms with Crippen LogP contribution in [-0.4, -0.2) is 13.1 Å². The SMILES string of the molecule is CN1C(=O)OC(=C(c2ccccc2)c2ccccc2)c2ccccc21. The molecule has 0 unspecified atom stereocenters. The number of para-hydroxylation sites is 1.